The minimum atomic E-state index is -0.820. The number of carboxylic acids is 1. The highest BCUT2D eigenvalue weighted by molar-refractivity contribution is 6.04. The maximum absolute atomic E-state index is 12.2. The van der Waals surface area contributed by atoms with Crippen LogP contribution in [0.1, 0.15) is 18.4 Å². The van der Waals surface area contributed by atoms with Crippen molar-refractivity contribution in [3.63, 3.8) is 0 Å². The first-order valence-corrected chi connectivity index (χ1v) is 6.92. The summed E-state index contributed by atoms with van der Waals surface area (Å²) in [4.78, 5) is 29.7. The van der Waals surface area contributed by atoms with Gasteiger partial charge in [-0.05, 0) is 5.56 Å². The van der Waals surface area contributed by atoms with Crippen LogP contribution in [0.25, 0.3) is 0 Å². The predicted molar refractivity (Wildman–Crippen MR) is 74.8 cm³/mol. The molecule has 1 aromatic rings. The van der Waals surface area contributed by atoms with E-state index in [4.69, 9.17) is 9.94 Å². The fourth-order valence-electron chi connectivity index (χ4n) is 2.64. The fourth-order valence-corrected chi connectivity index (χ4v) is 2.64. The van der Waals surface area contributed by atoms with Gasteiger partial charge in [-0.25, -0.2) is 0 Å². The van der Waals surface area contributed by atoms with Crippen molar-refractivity contribution in [1.82, 2.24) is 4.90 Å². The molecule has 6 heteroatoms. The van der Waals surface area contributed by atoms with Crippen LogP contribution in [-0.4, -0.2) is 46.8 Å². The Bertz CT molecular complexity index is 579. The number of hydrogen-bond donors (Lipinski definition) is 1. The van der Waals surface area contributed by atoms with Gasteiger partial charge in [0.05, 0.1) is 12.1 Å². The van der Waals surface area contributed by atoms with E-state index >= 15 is 0 Å². The van der Waals surface area contributed by atoms with Crippen LogP contribution in [0.3, 0.4) is 0 Å². The first-order valence-electron chi connectivity index (χ1n) is 6.92. The quantitative estimate of drug-likeness (QED) is 0.900. The maximum atomic E-state index is 12.2. The summed E-state index contributed by atoms with van der Waals surface area (Å²) in [5.41, 5.74) is 1.73. The Morgan fingerprint density at radius 3 is 2.67 bits per heavy atom. The maximum Gasteiger partial charge on any atom is 0.303 e. The highest BCUT2D eigenvalue weighted by Gasteiger charge is 2.38. The topological polar surface area (TPSA) is 79.2 Å². The summed E-state index contributed by atoms with van der Waals surface area (Å²) in [5.74, 6) is -0.868. The monoisotopic (exact) mass is 288 g/mol. The molecule has 1 saturated heterocycles. The number of benzene rings is 1. The molecule has 0 bridgehead atoms. The third-order valence-electron chi connectivity index (χ3n) is 3.78. The number of oxime groups is 1. The SMILES string of the molecule is O=C(O)CC1CN(C(=O)C2CC(c3ccccc3)=NO2)C1. The molecule has 1 atom stereocenters. The van der Waals surface area contributed by atoms with Crippen LogP contribution in [0.5, 0.6) is 0 Å². The standard InChI is InChI=1S/C15H16N2O4/c18-14(19)6-10-8-17(9-10)15(20)13-7-12(16-21-13)11-4-2-1-3-5-11/h1-5,10,13H,6-9H2,(H,18,19). The van der Waals surface area contributed by atoms with Gasteiger partial charge in [-0.3, -0.25) is 9.59 Å². The van der Waals surface area contributed by atoms with Gasteiger partial charge in [0, 0.05) is 25.4 Å². The van der Waals surface area contributed by atoms with Crippen molar-refractivity contribution in [2.45, 2.75) is 18.9 Å². The second-order valence-corrected chi connectivity index (χ2v) is 5.41. The average molecular weight is 288 g/mol. The molecule has 1 aromatic carbocycles. The van der Waals surface area contributed by atoms with Crippen molar-refractivity contribution in [3.05, 3.63) is 35.9 Å². The number of hydrogen-bond acceptors (Lipinski definition) is 4. The number of rotatable bonds is 4. The van der Waals surface area contributed by atoms with E-state index in [1.165, 1.54) is 0 Å². The summed E-state index contributed by atoms with van der Waals surface area (Å²) >= 11 is 0. The molecule has 1 amide bonds. The second-order valence-electron chi connectivity index (χ2n) is 5.41. The zero-order valence-electron chi connectivity index (χ0n) is 11.4. The Balaban J connectivity index is 1.52. The Hall–Kier alpha value is -2.37. The minimum Gasteiger partial charge on any atom is -0.481 e. The third kappa shape index (κ3) is 2.89. The molecular weight excluding hydrogens is 272 g/mol. The molecule has 6 nitrogen and oxygen atoms in total. The molecule has 0 radical (unpaired) electrons. The van der Waals surface area contributed by atoms with Gasteiger partial charge in [-0.1, -0.05) is 35.5 Å². The van der Waals surface area contributed by atoms with Gasteiger partial charge in [0.1, 0.15) is 0 Å². The van der Waals surface area contributed by atoms with E-state index in [0.29, 0.717) is 19.5 Å². The van der Waals surface area contributed by atoms with Gasteiger partial charge >= 0.3 is 5.97 Å². The number of aliphatic carboxylic acids is 1. The zero-order chi connectivity index (χ0) is 14.8. The van der Waals surface area contributed by atoms with E-state index in [0.717, 1.165) is 11.3 Å². The van der Waals surface area contributed by atoms with Crippen molar-refractivity contribution >= 4 is 17.6 Å². The first-order chi connectivity index (χ1) is 10.1. The molecule has 2 heterocycles. The molecule has 1 N–H and O–H groups in total. The van der Waals surface area contributed by atoms with Crippen molar-refractivity contribution in [3.8, 4) is 0 Å². The normalized spacial score (nSPS) is 21.4. The lowest BCUT2D eigenvalue weighted by Crippen LogP contribution is -2.53. The Morgan fingerprint density at radius 2 is 2.00 bits per heavy atom. The van der Waals surface area contributed by atoms with Gasteiger partial charge in [-0.2, -0.15) is 0 Å². The van der Waals surface area contributed by atoms with E-state index in [1.54, 1.807) is 4.90 Å². The lowest BCUT2D eigenvalue weighted by atomic mass is 9.95. The Morgan fingerprint density at radius 1 is 1.29 bits per heavy atom. The molecule has 0 aromatic heterocycles. The fraction of sp³-hybridized carbons (Fsp3) is 0.400. The number of amides is 1. The van der Waals surface area contributed by atoms with Crippen molar-refractivity contribution in [2.24, 2.45) is 11.1 Å². The molecule has 2 aliphatic rings. The van der Waals surface area contributed by atoms with E-state index in [2.05, 4.69) is 5.16 Å². The molecule has 0 aliphatic carbocycles. The molecule has 1 unspecified atom stereocenters. The molecule has 2 aliphatic heterocycles. The van der Waals surface area contributed by atoms with Gasteiger partial charge < -0.3 is 14.8 Å². The van der Waals surface area contributed by atoms with Gasteiger partial charge in [0.2, 0.25) is 6.10 Å². The molecule has 21 heavy (non-hydrogen) atoms. The second kappa shape index (κ2) is 5.55. The highest BCUT2D eigenvalue weighted by Crippen LogP contribution is 2.24. The van der Waals surface area contributed by atoms with Crippen LogP contribution in [0.4, 0.5) is 0 Å². The van der Waals surface area contributed by atoms with Gasteiger partial charge in [-0.15, -0.1) is 0 Å². The smallest absolute Gasteiger partial charge is 0.303 e. The van der Waals surface area contributed by atoms with E-state index < -0.39 is 12.1 Å². The van der Waals surface area contributed by atoms with Crippen LogP contribution in [-0.2, 0) is 14.4 Å². The summed E-state index contributed by atoms with van der Waals surface area (Å²) in [5, 5.41) is 12.7. The number of carbonyl (C=O) groups excluding carboxylic acids is 1. The van der Waals surface area contributed by atoms with Crippen LogP contribution >= 0.6 is 0 Å². The lowest BCUT2D eigenvalue weighted by Gasteiger charge is -2.39. The molecule has 3 rings (SSSR count). The number of nitrogens with zero attached hydrogens (tertiary/aromatic N) is 2. The van der Waals surface area contributed by atoms with E-state index in [-0.39, 0.29) is 18.2 Å². The van der Waals surface area contributed by atoms with E-state index in [1.807, 2.05) is 30.3 Å². The zero-order valence-corrected chi connectivity index (χ0v) is 11.4. The van der Waals surface area contributed by atoms with Crippen LogP contribution in [0.2, 0.25) is 0 Å². The van der Waals surface area contributed by atoms with Crippen molar-refractivity contribution in [2.75, 3.05) is 13.1 Å². The van der Waals surface area contributed by atoms with Crippen LogP contribution < -0.4 is 0 Å². The summed E-state index contributed by atoms with van der Waals surface area (Å²) < 4.78 is 0. The van der Waals surface area contributed by atoms with Crippen molar-refractivity contribution in [1.29, 1.82) is 0 Å². The molecule has 1 fully saturated rings. The Labute approximate surface area is 122 Å². The predicted octanol–water partition coefficient (Wildman–Crippen LogP) is 1.11. The third-order valence-corrected chi connectivity index (χ3v) is 3.78. The van der Waals surface area contributed by atoms with E-state index in [9.17, 15) is 9.59 Å². The number of carbonyl (C=O) groups is 2. The number of likely N-dealkylation sites (tertiary alicyclic amines) is 1. The van der Waals surface area contributed by atoms with Crippen LogP contribution in [0.15, 0.2) is 35.5 Å². The minimum absolute atomic E-state index is 0.0577. The summed E-state index contributed by atoms with van der Waals surface area (Å²) in [6.45, 7) is 0.983. The Kier molecular flexibility index (Phi) is 3.60. The molecule has 0 spiro atoms. The summed E-state index contributed by atoms with van der Waals surface area (Å²) in [6.07, 6.45) is -0.00437. The van der Waals surface area contributed by atoms with Crippen LogP contribution in [0, 0.1) is 5.92 Å². The largest absolute Gasteiger partial charge is 0.481 e. The van der Waals surface area contributed by atoms with Gasteiger partial charge in [0.25, 0.3) is 5.91 Å². The number of carboxylic acid groups (broad SMARTS) is 1. The average Bonchev–Trinajstić information content (AvgIpc) is 2.92. The molecule has 110 valence electrons. The molecular formula is C15H16N2O4. The van der Waals surface area contributed by atoms with Crippen molar-refractivity contribution < 1.29 is 19.5 Å². The highest BCUT2D eigenvalue weighted by atomic mass is 16.6. The first kappa shape index (κ1) is 13.6. The summed E-state index contributed by atoms with van der Waals surface area (Å²) in [7, 11) is 0. The van der Waals surface area contributed by atoms with Gasteiger partial charge in [0.15, 0.2) is 0 Å². The lowest BCUT2D eigenvalue weighted by molar-refractivity contribution is -0.152. The summed E-state index contributed by atoms with van der Waals surface area (Å²) in [6, 6.07) is 9.62. The molecule has 0 saturated carbocycles.